The van der Waals surface area contributed by atoms with Crippen molar-refractivity contribution in [1.82, 2.24) is 0 Å². The number of benzene rings is 2. The van der Waals surface area contributed by atoms with Gasteiger partial charge in [0.2, 0.25) is 0 Å². The number of carbonyl (C=O) groups excluding carboxylic acids is 2. The number of carbonyl (C=O) groups is 2. The van der Waals surface area contributed by atoms with Crippen LogP contribution in [0.3, 0.4) is 0 Å². The normalized spacial score (nSPS) is 12.9. The molecule has 2 amide bonds. The molecule has 8 heteroatoms. The molecular weight excluding hydrogens is 313 g/mol. The van der Waals surface area contributed by atoms with Crippen LogP contribution < -0.4 is 15.4 Å². The molecule has 3 rings (SSSR count). The second-order valence-electron chi connectivity index (χ2n) is 4.72. The van der Waals surface area contributed by atoms with E-state index in [1.54, 1.807) is 0 Å². The van der Waals surface area contributed by atoms with E-state index in [9.17, 15) is 22.8 Å². The van der Waals surface area contributed by atoms with E-state index in [0.717, 1.165) is 6.07 Å². The monoisotopic (exact) mass is 322 g/mol. The topological polar surface area (TPSA) is 67.4 Å². The van der Waals surface area contributed by atoms with Gasteiger partial charge in [-0.25, -0.2) is 13.2 Å². The highest BCUT2D eigenvalue weighted by Crippen LogP contribution is 2.30. The number of rotatable bonds is 2. The molecule has 1 aliphatic rings. The number of hydrogen-bond donors (Lipinski definition) is 2. The summed E-state index contributed by atoms with van der Waals surface area (Å²) in [6.45, 7) is -0.164. The fraction of sp³-hybridized carbons (Fsp3) is 0.0667. The first-order valence-electron chi connectivity index (χ1n) is 6.47. The minimum atomic E-state index is -1.71. The van der Waals surface area contributed by atoms with Gasteiger partial charge in [-0.2, -0.15) is 0 Å². The zero-order valence-corrected chi connectivity index (χ0v) is 11.5. The average molecular weight is 322 g/mol. The van der Waals surface area contributed by atoms with Crippen LogP contribution in [0.25, 0.3) is 0 Å². The Morgan fingerprint density at radius 3 is 2.70 bits per heavy atom. The minimum Gasteiger partial charge on any atom is -0.482 e. The number of anilines is 2. The fourth-order valence-corrected chi connectivity index (χ4v) is 2.05. The van der Waals surface area contributed by atoms with E-state index in [0.29, 0.717) is 17.5 Å². The molecule has 0 unspecified atom stereocenters. The van der Waals surface area contributed by atoms with Crippen LogP contribution in [0.1, 0.15) is 10.4 Å². The van der Waals surface area contributed by atoms with Gasteiger partial charge < -0.3 is 15.4 Å². The summed E-state index contributed by atoms with van der Waals surface area (Å²) in [7, 11) is 0. The lowest BCUT2D eigenvalue weighted by molar-refractivity contribution is -0.118. The van der Waals surface area contributed by atoms with Gasteiger partial charge in [0.25, 0.3) is 11.8 Å². The van der Waals surface area contributed by atoms with Gasteiger partial charge in [-0.1, -0.05) is 0 Å². The van der Waals surface area contributed by atoms with E-state index in [2.05, 4.69) is 10.6 Å². The van der Waals surface area contributed by atoms with E-state index in [4.69, 9.17) is 4.74 Å². The van der Waals surface area contributed by atoms with E-state index >= 15 is 0 Å². The molecule has 0 saturated heterocycles. The zero-order chi connectivity index (χ0) is 16.6. The van der Waals surface area contributed by atoms with Crippen molar-refractivity contribution in [2.45, 2.75) is 0 Å². The van der Waals surface area contributed by atoms with Crippen molar-refractivity contribution < 1.29 is 27.5 Å². The second kappa shape index (κ2) is 5.64. The van der Waals surface area contributed by atoms with Crippen LogP contribution >= 0.6 is 0 Å². The summed E-state index contributed by atoms with van der Waals surface area (Å²) >= 11 is 0. The highest BCUT2D eigenvalue weighted by Gasteiger charge is 2.20. The van der Waals surface area contributed by atoms with Gasteiger partial charge in [0.1, 0.15) is 5.75 Å². The van der Waals surface area contributed by atoms with Gasteiger partial charge in [0.15, 0.2) is 24.1 Å². The van der Waals surface area contributed by atoms with Gasteiger partial charge in [-0.05, 0) is 24.3 Å². The van der Waals surface area contributed by atoms with Gasteiger partial charge in [-0.15, -0.1) is 0 Å². The number of amides is 2. The summed E-state index contributed by atoms with van der Waals surface area (Å²) in [5.41, 5.74) is 0.0446. The molecular formula is C15H9F3N2O3. The molecule has 1 heterocycles. The molecule has 118 valence electrons. The molecule has 2 aromatic rings. The maximum Gasteiger partial charge on any atom is 0.262 e. The summed E-state index contributed by atoms with van der Waals surface area (Å²) in [5, 5.41) is 4.91. The van der Waals surface area contributed by atoms with Gasteiger partial charge in [0, 0.05) is 11.8 Å². The first kappa shape index (κ1) is 14.9. The third kappa shape index (κ3) is 2.83. The SMILES string of the molecule is O=C1COc2cc(NC(=O)c3ccc(F)c(F)c3F)ccc2N1. The summed E-state index contributed by atoms with van der Waals surface area (Å²) in [4.78, 5) is 23.1. The van der Waals surface area contributed by atoms with Crippen LogP contribution in [-0.4, -0.2) is 18.4 Å². The smallest absolute Gasteiger partial charge is 0.262 e. The number of fused-ring (bicyclic) bond motifs is 1. The standard InChI is InChI=1S/C15H9F3N2O3/c16-9-3-2-8(13(17)14(9)18)15(22)19-7-1-4-10-11(5-7)23-6-12(21)20-10/h1-5H,6H2,(H,19,22)(H,20,21). The largest absolute Gasteiger partial charge is 0.482 e. The first-order chi connectivity index (χ1) is 11.0. The van der Waals surface area contributed by atoms with Crippen molar-refractivity contribution in [2.24, 2.45) is 0 Å². The number of ether oxygens (including phenoxy) is 1. The van der Waals surface area contributed by atoms with Gasteiger partial charge in [0.05, 0.1) is 11.3 Å². The Morgan fingerprint density at radius 2 is 1.91 bits per heavy atom. The molecule has 0 bridgehead atoms. The predicted octanol–water partition coefficient (Wildman–Crippen LogP) is 2.69. The Bertz CT molecular complexity index is 824. The molecule has 0 atom stereocenters. The maximum absolute atomic E-state index is 13.6. The second-order valence-corrected chi connectivity index (χ2v) is 4.72. The highest BCUT2D eigenvalue weighted by atomic mass is 19.2. The van der Waals surface area contributed by atoms with Crippen molar-refractivity contribution in [3.63, 3.8) is 0 Å². The van der Waals surface area contributed by atoms with Crippen LogP contribution in [0, 0.1) is 17.5 Å². The molecule has 0 radical (unpaired) electrons. The number of nitrogens with one attached hydrogen (secondary N) is 2. The molecule has 23 heavy (non-hydrogen) atoms. The van der Waals surface area contributed by atoms with E-state index in [1.807, 2.05) is 0 Å². The minimum absolute atomic E-state index is 0.164. The molecule has 1 aliphatic heterocycles. The predicted molar refractivity (Wildman–Crippen MR) is 74.8 cm³/mol. The Hall–Kier alpha value is -3.03. The van der Waals surface area contributed by atoms with Crippen LogP contribution in [0.2, 0.25) is 0 Å². The number of halogens is 3. The summed E-state index contributed by atoms with van der Waals surface area (Å²) in [6.07, 6.45) is 0. The maximum atomic E-state index is 13.6. The van der Waals surface area contributed by atoms with Gasteiger partial charge >= 0.3 is 0 Å². The van der Waals surface area contributed by atoms with Crippen molar-refractivity contribution in [3.8, 4) is 5.75 Å². The highest BCUT2D eigenvalue weighted by molar-refractivity contribution is 6.05. The van der Waals surface area contributed by atoms with E-state index in [1.165, 1.54) is 18.2 Å². The summed E-state index contributed by atoms with van der Waals surface area (Å²) in [6, 6.07) is 5.87. The van der Waals surface area contributed by atoms with Crippen molar-refractivity contribution in [2.75, 3.05) is 17.2 Å². The Labute approximate surface area is 128 Å². The molecule has 2 aromatic carbocycles. The Morgan fingerprint density at radius 1 is 1.13 bits per heavy atom. The summed E-state index contributed by atoms with van der Waals surface area (Å²) < 4.78 is 44.8. The molecule has 0 spiro atoms. The quantitative estimate of drug-likeness (QED) is 0.836. The van der Waals surface area contributed by atoms with E-state index < -0.39 is 28.9 Å². The molecule has 5 nitrogen and oxygen atoms in total. The zero-order valence-electron chi connectivity index (χ0n) is 11.5. The fourth-order valence-electron chi connectivity index (χ4n) is 2.05. The average Bonchev–Trinajstić information content (AvgIpc) is 2.52. The Balaban J connectivity index is 1.84. The lowest BCUT2D eigenvalue weighted by Gasteiger charge is -2.18. The third-order valence-electron chi connectivity index (χ3n) is 3.15. The van der Waals surface area contributed by atoms with E-state index in [-0.39, 0.29) is 18.2 Å². The third-order valence-corrected chi connectivity index (χ3v) is 3.15. The van der Waals surface area contributed by atoms with Crippen LogP contribution in [0.15, 0.2) is 30.3 Å². The van der Waals surface area contributed by atoms with Gasteiger partial charge in [-0.3, -0.25) is 9.59 Å². The first-order valence-corrected chi connectivity index (χ1v) is 6.47. The van der Waals surface area contributed by atoms with Crippen LogP contribution in [0.4, 0.5) is 24.5 Å². The number of hydrogen-bond acceptors (Lipinski definition) is 3. The van der Waals surface area contributed by atoms with Crippen LogP contribution in [-0.2, 0) is 4.79 Å². The van der Waals surface area contributed by atoms with Crippen molar-refractivity contribution in [1.29, 1.82) is 0 Å². The Kier molecular flexibility index (Phi) is 3.65. The molecule has 0 aromatic heterocycles. The summed E-state index contributed by atoms with van der Waals surface area (Å²) in [5.74, 6) is -5.58. The molecule has 0 fully saturated rings. The lowest BCUT2D eigenvalue weighted by atomic mass is 10.1. The molecule has 2 N–H and O–H groups in total. The van der Waals surface area contributed by atoms with Crippen molar-refractivity contribution >= 4 is 23.2 Å². The van der Waals surface area contributed by atoms with Crippen LogP contribution in [0.5, 0.6) is 5.75 Å². The lowest BCUT2D eigenvalue weighted by Crippen LogP contribution is -2.25. The molecule has 0 saturated carbocycles. The van der Waals surface area contributed by atoms with Crippen molar-refractivity contribution in [3.05, 3.63) is 53.3 Å². The molecule has 0 aliphatic carbocycles.